The van der Waals surface area contributed by atoms with E-state index in [2.05, 4.69) is 43.3 Å². The first-order chi connectivity index (χ1) is 15.0. The first-order valence-corrected chi connectivity index (χ1v) is 10.9. The van der Waals surface area contributed by atoms with E-state index in [0.717, 1.165) is 3.57 Å². The van der Waals surface area contributed by atoms with Crippen LogP contribution in [0.15, 0.2) is 59.8 Å². The maximum Gasteiger partial charge on any atom is 0.255 e. The number of amides is 1. The summed E-state index contributed by atoms with van der Waals surface area (Å²) >= 11 is 2.20. The van der Waals surface area contributed by atoms with Crippen molar-refractivity contribution in [3.8, 4) is 0 Å². The fourth-order valence-electron chi connectivity index (χ4n) is 3.55. The van der Waals surface area contributed by atoms with Crippen LogP contribution in [0, 0.1) is 9.39 Å². The Hall–Kier alpha value is -2.79. The molecule has 9 heteroatoms. The number of halogens is 2. The second-order valence-electron chi connectivity index (χ2n) is 7.17. The molecule has 3 aromatic rings. The SMILES string of the molecule is CC1=C(C(=O)Nc2ccc(I)cc2)C(c2ccccc2F)n2nc(CCCO)nc2N1. The van der Waals surface area contributed by atoms with Crippen LogP contribution in [0.1, 0.15) is 30.8 Å². The minimum atomic E-state index is -0.781. The van der Waals surface area contributed by atoms with Crippen LogP contribution in [0.3, 0.4) is 0 Å². The van der Waals surface area contributed by atoms with Crippen LogP contribution in [0.25, 0.3) is 0 Å². The van der Waals surface area contributed by atoms with Crippen molar-refractivity contribution in [3.63, 3.8) is 0 Å². The number of carbonyl (C=O) groups is 1. The first-order valence-electron chi connectivity index (χ1n) is 9.83. The third-order valence-corrected chi connectivity index (χ3v) is 5.72. The number of rotatable bonds is 6. The number of allylic oxidation sites excluding steroid dienone is 1. The molecular formula is C22H21FIN5O2. The molecule has 1 aromatic heterocycles. The highest BCUT2D eigenvalue weighted by Crippen LogP contribution is 2.36. The molecule has 0 spiro atoms. The Labute approximate surface area is 192 Å². The smallest absolute Gasteiger partial charge is 0.255 e. The van der Waals surface area contributed by atoms with Gasteiger partial charge in [0.05, 0.1) is 5.57 Å². The van der Waals surface area contributed by atoms with Gasteiger partial charge in [0.15, 0.2) is 5.82 Å². The minimum Gasteiger partial charge on any atom is -0.396 e. The van der Waals surface area contributed by atoms with Crippen molar-refractivity contribution in [2.45, 2.75) is 25.8 Å². The van der Waals surface area contributed by atoms with Gasteiger partial charge in [0.1, 0.15) is 11.9 Å². The van der Waals surface area contributed by atoms with E-state index in [1.54, 1.807) is 29.8 Å². The molecule has 0 aliphatic carbocycles. The fraction of sp³-hybridized carbons (Fsp3) is 0.227. The summed E-state index contributed by atoms with van der Waals surface area (Å²) in [6.45, 7) is 1.79. The van der Waals surface area contributed by atoms with E-state index in [0.29, 0.717) is 47.1 Å². The van der Waals surface area contributed by atoms with E-state index in [9.17, 15) is 9.18 Å². The van der Waals surface area contributed by atoms with Crippen molar-refractivity contribution < 1.29 is 14.3 Å². The van der Waals surface area contributed by atoms with Crippen molar-refractivity contribution in [3.05, 3.63) is 80.6 Å². The number of carbonyl (C=O) groups excluding carboxylic acids is 1. The molecule has 2 heterocycles. The zero-order valence-corrected chi connectivity index (χ0v) is 18.9. The van der Waals surface area contributed by atoms with Crippen LogP contribution in [-0.4, -0.2) is 32.4 Å². The largest absolute Gasteiger partial charge is 0.396 e. The zero-order valence-electron chi connectivity index (χ0n) is 16.8. The number of benzene rings is 2. The highest BCUT2D eigenvalue weighted by Gasteiger charge is 2.35. The lowest BCUT2D eigenvalue weighted by molar-refractivity contribution is -0.113. The predicted molar refractivity (Wildman–Crippen MR) is 124 cm³/mol. The second kappa shape index (κ2) is 9.15. The maximum absolute atomic E-state index is 14.8. The number of aliphatic hydroxyl groups excluding tert-OH is 1. The van der Waals surface area contributed by atoms with Gasteiger partial charge in [-0.1, -0.05) is 18.2 Å². The average molecular weight is 533 g/mol. The van der Waals surface area contributed by atoms with Gasteiger partial charge in [-0.25, -0.2) is 9.07 Å². The first kappa shape index (κ1) is 21.4. The van der Waals surface area contributed by atoms with Crippen LogP contribution in [0.2, 0.25) is 0 Å². The lowest BCUT2D eigenvalue weighted by Crippen LogP contribution is -2.32. The molecule has 2 aromatic carbocycles. The molecule has 0 saturated heterocycles. The van der Waals surface area contributed by atoms with E-state index < -0.39 is 11.9 Å². The van der Waals surface area contributed by atoms with Gasteiger partial charge in [0, 0.05) is 33.5 Å². The number of hydrogen-bond donors (Lipinski definition) is 3. The summed E-state index contributed by atoms with van der Waals surface area (Å²) < 4.78 is 17.4. The van der Waals surface area contributed by atoms with Crippen molar-refractivity contribution in [1.29, 1.82) is 0 Å². The molecule has 0 saturated carbocycles. The summed E-state index contributed by atoms with van der Waals surface area (Å²) in [4.78, 5) is 17.8. The number of nitrogens with one attached hydrogen (secondary N) is 2. The standard InChI is InChI=1S/C22H21FIN5O2/c1-13-19(21(31)26-15-10-8-14(24)9-11-15)20(16-5-2-3-6-17(16)23)29-22(25-13)27-18(28-29)7-4-12-30/h2-3,5-6,8-11,20,30H,4,7,12H2,1H3,(H,26,31)(H,25,27,28). The molecule has 1 amide bonds. The van der Waals surface area contributed by atoms with Gasteiger partial charge in [-0.15, -0.1) is 0 Å². The Morgan fingerprint density at radius 2 is 2.00 bits per heavy atom. The molecule has 160 valence electrons. The molecule has 0 radical (unpaired) electrons. The van der Waals surface area contributed by atoms with Gasteiger partial charge in [-0.3, -0.25) is 4.79 Å². The normalized spacial score (nSPS) is 15.4. The Morgan fingerprint density at radius 3 is 2.71 bits per heavy atom. The minimum absolute atomic E-state index is 0.0228. The van der Waals surface area contributed by atoms with Crippen LogP contribution in [0.4, 0.5) is 16.0 Å². The number of aliphatic hydroxyl groups is 1. The van der Waals surface area contributed by atoms with Gasteiger partial charge in [0.2, 0.25) is 5.95 Å². The Kier molecular flexibility index (Phi) is 6.33. The highest BCUT2D eigenvalue weighted by molar-refractivity contribution is 14.1. The number of aromatic nitrogens is 3. The quantitative estimate of drug-likeness (QED) is 0.419. The highest BCUT2D eigenvalue weighted by atomic mass is 127. The summed E-state index contributed by atoms with van der Waals surface area (Å²) in [5.41, 5.74) is 1.90. The van der Waals surface area contributed by atoms with Crippen LogP contribution >= 0.6 is 22.6 Å². The third kappa shape index (κ3) is 4.47. The van der Waals surface area contributed by atoms with Crippen LogP contribution in [0.5, 0.6) is 0 Å². The molecule has 1 atom stereocenters. The number of hydrogen-bond acceptors (Lipinski definition) is 5. The molecule has 0 bridgehead atoms. The van der Waals surface area contributed by atoms with E-state index in [1.165, 1.54) is 6.07 Å². The lowest BCUT2D eigenvalue weighted by Gasteiger charge is -2.29. The molecule has 1 aliphatic heterocycles. The van der Waals surface area contributed by atoms with E-state index in [1.807, 2.05) is 24.3 Å². The molecule has 31 heavy (non-hydrogen) atoms. The summed E-state index contributed by atoms with van der Waals surface area (Å²) in [6.07, 6.45) is 0.992. The molecule has 7 nitrogen and oxygen atoms in total. The summed E-state index contributed by atoms with van der Waals surface area (Å²) in [7, 11) is 0. The van der Waals surface area contributed by atoms with Gasteiger partial charge in [-0.05, 0) is 66.3 Å². The average Bonchev–Trinajstić information content (AvgIpc) is 3.15. The van der Waals surface area contributed by atoms with Crippen molar-refractivity contribution >= 4 is 40.1 Å². The summed E-state index contributed by atoms with van der Waals surface area (Å²) in [5, 5.41) is 19.7. The third-order valence-electron chi connectivity index (χ3n) is 5.00. The maximum atomic E-state index is 14.8. The van der Waals surface area contributed by atoms with Crippen molar-refractivity contribution in [2.75, 3.05) is 17.2 Å². The number of aryl methyl sites for hydroxylation is 1. The fourth-order valence-corrected chi connectivity index (χ4v) is 3.91. The van der Waals surface area contributed by atoms with Crippen LogP contribution in [-0.2, 0) is 11.2 Å². The molecule has 3 N–H and O–H groups in total. The van der Waals surface area contributed by atoms with E-state index in [-0.39, 0.29) is 12.5 Å². The molecule has 4 rings (SSSR count). The van der Waals surface area contributed by atoms with Gasteiger partial charge < -0.3 is 15.7 Å². The Balaban J connectivity index is 1.76. The summed E-state index contributed by atoms with van der Waals surface area (Å²) in [5.74, 6) is 0.173. The monoisotopic (exact) mass is 533 g/mol. The van der Waals surface area contributed by atoms with Crippen molar-refractivity contribution in [2.24, 2.45) is 0 Å². The lowest BCUT2D eigenvalue weighted by atomic mass is 9.94. The van der Waals surface area contributed by atoms with E-state index in [4.69, 9.17) is 5.11 Å². The predicted octanol–water partition coefficient (Wildman–Crippen LogP) is 3.87. The number of anilines is 2. The molecule has 1 aliphatic rings. The summed E-state index contributed by atoms with van der Waals surface area (Å²) in [6, 6.07) is 13.0. The van der Waals surface area contributed by atoms with Gasteiger partial charge in [0.25, 0.3) is 5.91 Å². The van der Waals surface area contributed by atoms with Crippen molar-refractivity contribution in [1.82, 2.24) is 14.8 Å². The Morgan fingerprint density at radius 1 is 1.26 bits per heavy atom. The van der Waals surface area contributed by atoms with E-state index >= 15 is 0 Å². The number of nitrogens with zero attached hydrogens (tertiary/aromatic N) is 3. The number of fused-ring (bicyclic) bond motifs is 1. The topological polar surface area (TPSA) is 92.1 Å². The molecular weight excluding hydrogens is 512 g/mol. The van der Waals surface area contributed by atoms with Gasteiger partial charge in [-0.2, -0.15) is 10.1 Å². The Bertz CT molecular complexity index is 1140. The van der Waals surface area contributed by atoms with Crippen LogP contribution < -0.4 is 10.6 Å². The second-order valence-corrected chi connectivity index (χ2v) is 8.42. The molecule has 0 fully saturated rings. The zero-order chi connectivity index (χ0) is 22.0. The molecule has 1 unspecified atom stereocenters. The van der Waals surface area contributed by atoms with Gasteiger partial charge >= 0.3 is 0 Å².